The SMILES string of the molecule is CS(=O)(=O)Nc1cccc(C2=NN(C(=O)c3ccsc3)[C@H](c3ccc(F)cc3)C2)c1. The highest BCUT2D eigenvalue weighted by Gasteiger charge is 2.34. The quantitative estimate of drug-likeness (QED) is 0.640. The number of carbonyl (C=O) groups excluding carboxylic acids is 1. The molecule has 30 heavy (non-hydrogen) atoms. The first-order chi connectivity index (χ1) is 14.3. The van der Waals surface area contributed by atoms with Crippen molar-refractivity contribution in [1.82, 2.24) is 5.01 Å². The monoisotopic (exact) mass is 443 g/mol. The Morgan fingerprint density at radius 1 is 1.20 bits per heavy atom. The zero-order valence-electron chi connectivity index (χ0n) is 15.9. The van der Waals surface area contributed by atoms with E-state index in [4.69, 9.17) is 0 Å². The highest BCUT2D eigenvalue weighted by molar-refractivity contribution is 7.92. The largest absolute Gasteiger partial charge is 0.284 e. The summed E-state index contributed by atoms with van der Waals surface area (Å²) in [6.45, 7) is 0. The van der Waals surface area contributed by atoms with Crippen molar-refractivity contribution >= 4 is 38.7 Å². The first-order valence-corrected chi connectivity index (χ1v) is 11.9. The second kappa shape index (κ2) is 8.00. The summed E-state index contributed by atoms with van der Waals surface area (Å²) >= 11 is 1.42. The van der Waals surface area contributed by atoms with Crippen molar-refractivity contribution in [3.8, 4) is 0 Å². The van der Waals surface area contributed by atoms with Crippen LogP contribution in [0.2, 0.25) is 0 Å². The van der Waals surface area contributed by atoms with Crippen LogP contribution in [0.1, 0.15) is 33.9 Å². The number of hydrazone groups is 1. The Balaban J connectivity index is 1.70. The Labute approximate surface area is 177 Å². The summed E-state index contributed by atoms with van der Waals surface area (Å²) in [5.41, 5.74) is 3.06. The van der Waals surface area contributed by atoms with Crippen molar-refractivity contribution in [3.63, 3.8) is 0 Å². The Bertz CT molecular complexity index is 1210. The molecule has 0 saturated heterocycles. The van der Waals surface area contributed by atoms with Crippen LogP contribution in [0.3, 0.4) is 0 Å². The van der Waals surface area contributed by atoms with Crippen molar-refractivity contribution in [2.24, 2.45) is 5.10 Å². The van der Waals surface area contributed by atoms with Gasteiger partial charge < -0.3 is 0 Å². The van der Waals surface area contributed by atoms with Gasteiger partial charge in [-0.05, 0) is 46.8 Å². The van der Waals surface area contributed by atoms with Gasteiger partial charge in [0.05, 0.1) is 23.6 Å². The predicted molar refractivity (Wildman–Crippen MR) is 116 cm³/mol. The van der Waals surface area contributed by atoms with Gasteiger partial charge in [0, 0.05) is 17.5 Å². The lowest BCUT2D eigenvalue weighted by Crippen LogP contribution is -2.26. The summed E-state index contributed by atoms with van der Waals surface area (Å²) in [7, 11) is -3.42. The molecule has 0 aliphatic carbocycles. The molecule has 1 aromatic heterocycles. The Morgan fingerprint density at radius 2 is 1.97 bits per heavy atom. The van der Waals surface area contributed by atoms with Gasteiger partial charge in [-0.15, -0.1) is 0 Å². The minimum atomic E-state index is -3.42. The molecule has 1 amide bonds. The molecule has 0 spiro atoms. The van der Waals surface area contributed by atoms with Gasteiger partial charge in [0.15, 0.2) is 0 Å². The summed E-state index contributed by atoms with van der Waals surface area (Å²) in [6.07, 6.45) is 1.50. The van der Waals surface area contributed by atoms with Gasteiger partial charge >= 0.3 is 0 Å². The molecule has 3 aromatic rings. The topological polar surface area (TPSA) is 78.8 Å². The van der Waals surface area contributed by atoms with Crippen LogP contribution in [-0.4, -0.2) is 31.3 Å². The van der Waals surface area contributed by atoms with E-state index in [9.17, 15) is 17.6 Å². The molecule has 9 heteroatoms. The van der Waals surface area contributed by atoms with Crippen molar-refractivity contribution in [1.29, 1.82) is 0 Å². The lowest BCUT2D eigenvalue weighted by atomic mass is 9.98. The van der Waals surface area contributed by atoms with Gasteiger partial charge in [0.25, 0.3) is 5.91 Å². The Kier molecular flexibility index (Phi) is 5.40. The van der Waals surface area contributed by atoms with Crippen LogP contribution < -0.4 is 4.72 Å². The summed E-state index contributed by atoms with van der Waals surface area (Å²) < 4.78 is 39.0. The Hall–Kier alpha value is -3.04. The number of hydrogen-bond acceptors (Lipinski definition) is 5. The predicted octanol–water partition coefficient (Wildman–Crippen LogP) is 4.25. The number of anilines is 1. The fraction of sp³-hybridized carbons (Fsp3) is 0.143. The third-order valence-electron chi connectivity index (χ3n) is 4.64. The summed E-state index contributed by atoms with van der Waals surface area (Å²) in [4.78, 5) is 13.0. The highest BCUT2D eigenvalue weighted by atomic mass is 32.2. The van der Waals surface area contributed by atoms with Gasteiger partial charge in [0.1, 0.15) is 5.82 Å². The number of carbonyl (C=O) groups is 1. The average molecular weight is 444 g/mol. The van der Waals surface area contributed by atoms with Crippen molar-refractivity contribution < 1.29 is 17.6 Å². The van der Waals surface area contributed by atoms with E-state index < -0.39 is 10.0 Å². The molecular weight excluding hydrogens is 425 g/mol. The molecule has 1 atom stereocenters. The molecule has 0 unspecified atom stereocenters. The third-order valence-corrected chi connectivity index (χ3v) is 5.93. The van der Waals surface area contributed by atoms with E-state index in [-0.39, 0.29) is 17.8 Å². The fourth-order valence-corrected chi connectivity index (χ4v) is 4.50. The fourth-order valence-electron chi connectivity index (χ4n) is 3.31. The molecule has 1 aliphatic rings. The number of amides is 1. The number of nitrogens with one attached hydrogen (secondary N) is 1. The van der Waals surface area contributed by atoms with E-state index in [2.05, 4.69) is 9.82 Å². The van der Waals surface area contributed by atoms with E-state index in [0.717, 1.165) is 11.8 Å². The zero-order chi connectivity index (χ0) is 21.3. The van der Waals surface area contributed by atoms with Gasteiger partial charge in [0.2, 0.25) is 10.0 Å². The zero-order valence-corrected chi connectivity index (χ0v) is 17.6. The maximum atomic E-state index is 13.4. The second-order valence-corrected chi connectivity index (χ2v) is 9.46. The van der Waals surface area contributed by atoms with Crippen LogP contribution in [0, 0.1) is 5.82 Å². The third kappa shape index (κ3) is 4.42. The number of nitrogens with zero attached hydrogens (tertiary/aromatic N) is 2. The smallest absolute Gasteiger partial charge is 0.275 e. The van der Waals surface area contributed by atoms with Gasteiger partial charge in [-0.2, -0.15) is 16.4 Å². The Morgan fingerprint density at radius 3 is 2.63 bits per heavy atom. The second-order valence-electron chi connectivity index (χ2n) is 6.93. The van der Waals surface area contributed by atoms with Crippen LogP contribution in [0.5, 0.6) is 0 Å². The molecule has 2 aromatic carbocycles. The first-order valence-electron chi connectivity index (χ1n) is 9.07. The normalized spacial score (nSPS) is 16.4. The van der Waals surface area contributed by atoms with E-state index in [1.807, 2.05) is 11.4 Å². The molecule has 1 N–H and O–H groups in total. The number of sulfonamides is 1. The molecule has 4 rings (SSSR count). The summed E-state index contributed by atoms with van der Waals surface area (Å²) in [6, 6.07) is 14.2. The maximum Gasteiger partial charge on any atom is 0.275 e. The van der Waals surface area contributed by atoms with E-state index in [1.54, 1.807) is 41.8 Å². The van der Waals surface area contributed by atoms with Gasteiger partial charge in [-0.1, -0.05) is 24.3 Å². The number of hydrogen-bond donors (Lipinski definition) is 1. The maximum absolute atomic E-state index is 13.4. The summed E-state index contributed by atoms with van der Waals surface area (Å²) in [5, 5.41) is 9.56. The van der Waals surface area contributed by atoms with Crippen molar-refractivity contribution in [2.75, 3.05) is 11.0 Å². The standard InChI is InChI=1S/C21H18FN3O3S2/c1-30(27,28)24-18-4-2-3-15(11-18)19-12-20(14-5-7-17(22)8-6-14)25(23-19)21(26)16-9-10-29-13-16/h2-11,13,20,24H,12H2,1H3/t20-/m0/s1. The number of benzene rings is 2. The van der Waals surface area contributed by atoms with Crippen LogP contribution in [0.15, 0.2) is 70.5 Å². The van der Waals surface area contributed by atoms with Gasteiger partial charge in [-0.25, -0.2) is 17.8 Å². The lowest BCUT2D eigenvalue weighted by Gasteiger charge is -2.21. The van der Waals surface area contributed by atoms with Crippen molar-refractivity contribution in [3.05, 3.63) is 87.9 Å². The number of rotatable bonds is 5. The number of thiophene rings is 1. The minimum absolute atomic E-state index is 0.244. The molecule has 154 valence electrons. The van der Waals surface area contributed by atoms with E-state index >= 15 is 0 Å². The first kappa shape index (κ1) is 20.2. The average Bonchev–Trinajstić information content (AvgIpc) is 3.37. The van der Waals surface area contributed by atoms with Crippen LogP contribution >= 0.6 is 11.3 Å². The van der Waals surface area contributed by atoms with E-state index in [1.165, 1.54) is 28.5 Å². The molecule has 6 nitrogen and oxygen atoms in total. The molecule has 2 heterocycles. The lowest BCUT2D eigenvalue weighted by molar-refractivity contribution is 0.0711. The molecular formula is C21H18FN3O3S2. The number of halogens is 1. The van der Waals surface area contributed by atoms with Gasteiger partial charge in [-0.3, -0.25) is 9.52 Å². The van der Waals surface area contributed by atoms with Crippen LogP contribution in [0.4, 0.5) is 10.1 Å². The molecule has 1 aliphatic heterocycles. The van der Waals surface area contributed by atoms with E-state index in [0.29, 0.717) is 28.9 Å². The molecule has 0 radical (unpaired) electrons. The molecule has 0 fully saturated rings. The molecule has 0 saturated carbocycles. The van der Waals surface area contributed by atoms with Crippen LogP contribution in [-0.2, 0) is 10.0 Å². The summed E-state index contributed by atoms with van der Waals surface area (Å²) in [5.74, 6) is -0.598. The molecule has 0 bridgehead atoms. The van der Waals surface area contributed by atoms with Crippen molar-refractivity contribution in [2.45, 2.75) is 12.5 Å². The minimum Gasteiger partial charge on any atom is -0.284 e. The highest BCUT2D eigenvalue weighted by Crippen LogP contribution is 2.34. The van der Waals surface area contributed by atoms with Crippen LogP contribution in [0.25, 0.3) is 0 Å².